The van der Waals surface area contributed by atoms with Crippen molar-refractivity contribution in [1.82, 2.24) is 9.55 Å². The molecule has 1 aliphatic rings. The molecule has 0 radical (unpaired) electrons. The minimum atomic E-state index is -0.252. The van der Waals surface area contributed by atoms with Crippen LogP contribution in [0.15, 0.2) is 30.7 Å². The lowest BCUT2D eigenvalue weighted by atomic mass is 9.97. The second kappa shape index (κ2) is 5.34. The number of aromatic nitrogens is 2. The number of halogens is 1. The van der Waals surface area contributed by atoms with E-state index >= 15 is 0 Å². The number of nitrogens with zero attached hydrogens (tertiary/aromatic N) is 2. The summed E-state index contributed by atoms with van der Waals surface area (Å²) in [7, 11) is 0. The van der Waals surface area contributed by atoms with Gasteiger partial charge in [-0.15, -0.1) is 0 Å². The molecule has 4 nitrogen and oxygen atoms in total. The third kappa shape index (κ3) is 2.46. The van der Waals surface area contributed by atoms with E-state index in [1.807, 2.05) is 17.6 Å². The normalized spacial score (nSPS) is 20.2. The highest BCUT2D eigenvalue weighted by Crippen LogP contribution is 2.28. The molecular formula is C15H18FN3O. The quantitative estimate of drug-likeness (QED) is 0.935. The van der Waals surface area contributed by atoms with Gasteiger partial charge in [-0.05, 0) is 37.1 Å². The third-order valence-corrected chi connectivity index (χ3v) is 3.79. The molecule has 1 fully saturated rings. The highest BCUT2D eigenvalue weighted by atomic mass is 19.1. The molecule has 0 spiro atoms. The minimum Gasteiger partial charge on any atom is -0.381 e. The zero-order chi connectivity index (χ0) is 14.1. The van der Waals surface area contributed by atoms with Gasteiger partial charge in [0.2, 0.25) is 0 Å². The first-order chi connectivity index (χ1) is 9.65. The number of hydrogen-bond acceptors (Lipinski definition) is 3. The maximum Gasteiger partial charge on any atom is 0.125 e. The number of imidazole rings is 1. The first-order valence-electron chi connectivity index (χ1n) is 6.78. The van der Waals surface area contributed by atoms with Gasteiger partial charge in [0, 0.05) is 18.2 Å². The molecule has 2 N–H and O–H groups in total. The minimum absolute atomic E-state index is 0.149. The third-order valence-electron chi connectivity index (χ3n) is 3.79. The summed E-state index contributed by atoms with van der Waals surface area (Å²) in [6.45, 7) is 3.30. The summed E-state index contributed by atoms with van der Waals surface area (Å²) < 4.78 is 20.8. The Morgan fingerprint density at radius 2 is 2.30 bits per heavy atom. The van der Waals surface area contributed by atoms with Gasteiger partial charge in [-0.1, -0.05) is 0 Å². The lowest BCUT2D eigenvalue weighted by Gasteiger charge is -2.19. The maximum atomic E-state index is 13.6. The molecule has 2 unspecified atom stereocenters. The van der Waals surface area contributed by atoms with Crippen LogP contribution >= 0.6 is 0 Å². The Balaban J connectivity index is 1.96. The molecule has 20 heavy (non-hydrogen) atoms. The van der Waals surface area contributed by atoms with Crippen LogP contribution in [0.25, 0.3) is 5.69 Å². The van der Waals surface area contributed by atoms with E-state index in [4.69, 9.17) is 10.5 Å². The Kier molecular flexibility index (Phi) is 3.54. The van der Waals surface area contributed by atoms with Gasteiger partial charge in [0.05, 0.1) is 30.9 Å². The molecule has 0 aliphatic carbocycles. The highest BCUT2D eigenvalue weighted by Gasteiger charge is 2.26. The van der Waals surface area contributed by atoms with E-state index in [0.29, 0.717) is 12.5 Å². The largest absolute Gasteiger partial charge is 0.381 e. The number of rotatable bonds is 3. The molecular weight excluding hydrogens is 257 g/mol. The molecule has 1 aromatic carbocycles. The van der Waals surface area contributed by atoms with Gasteiger partial charge >= 0.3 is 0 Å². The Hall–Kier alpha value is -1.72. The number of aryl methyl sites for hydroxylation is 1. The second-order valence-corrected chi connectivity index (χ2v) is 5.32. The van der Waals surface area contributed by atoms with Gasteiger partial charge in [-0.3, -0.25) is 0 Å². The number of hydrogen-bond donors (Lipinski definition) is 1. The van der Waals surface area contributed by atoms with Crippen LogP contribution in [0.4, 0.5) is 4.39 Å². The lowest BCUT2D eigenvalue weighted by Crippen LogP contribution is -2.24. The summed E-state index contributed by atoms with van der Waals surface area (Å²) in [5.41, 5.74) is 8.85. The molecule has 0 amide bonds. The summed E-state index contributed by atoms with van der Waals surface area (Å²) >= 11 is 0. The van der Waals surface area contributed by atoms with Crippen LogP contribution in [0.5, 0.6) is 0 Å². The monoisotopic (exact) mass is 275 g/mol. The number of benzene rings is 1. The smallest absolute Gasteiger partial charge is 0.125 e. The molecule has 2 atom stereocenters. The highest BCUT2D eigenvalue weighted by molar-refractivity contribution is 5.38. The standard InChI is InChI=1S/C15H18FN3O/c1-10-4-12(16)6-13(5-10)19-9-18-7-14(19)15(17)11-2-3-20-8-11/h4-7,9,11,15H,2-3,8,17H2,1H3. The molecule has 2 aromatic rings. The average Bonchev–Trinajstić information content (AvgIpc) is 3.08. The van der Waals surface area contributed by atoms with Gasteiger partial charge in [0.15, 0.2) is 0 Å². The SMILES string of the molecule is Cc1cc(F)cc(-n2cncc2C(N)C2CCOC2)c1. The van der Waals surface area contributed by atoms with Crippen LogP contribution in [0.1, 0.15) is 23.7 Å². The van der Waals surface area contributed by atoms with E-state index in [-0.39, 0.29) is 11.9 Å². The molecule has 106 valence electrons. The van der Waals surface area contributed by atoms with Crippen LogP contribution in [0, 0.1) is 18.7 Å². The van der Waals surface area contributed by atoms with Crippen molar-refractivity contribution in [3.05, 3.63) is 47.8 Å². The summed E-state index contributed by atoms with van der Waals surface area (Å²) in [5, 5.41) is 0. The van der Waals surface area contributed by atoms with E-state index in [0.717, 1.165) is 30.0 Å². The van der Waals surface area contributed by atoms with Gasteiger partial charge in [-0.2, -0.15) is 0 Å². The lowest BCUT2D eigenvalue weighted by molar-refractivity contribution is 0.180. The van der Waals surface area contributed by atoms with Crippen LogP contribution < -0.4 is 5.73 Å². The summed E-state index contributed by atoms with van der Waals surface area (Å²) in [5.74, 6) is 0.0394. The molecule has 1 aromatic heterocycles. The summed E-state index contributed by atoms with van der Waals surface area (Å²) in [4.78, 5) is 4.17. The van der Waals surface area contributed by atoms with E-state index in [1.54, 1.807) is 12.5 Å². The van der Waals surface area contributed by atoms with E-state index < -0.39 is 0 Å². The Morgan fingerprint density at radius 1 is 1.45 bits per heavy atom. The summed E-state index contributed by atoms with van der Waals surface area (Å²) in [6.07, 6.45) is 4.39. The maximum absolute atomic E-state index is 13.6. The molecule has 5 heteroatoms. The van der Waals surface area contributed by atoms with Crippen molar-refractivity contribution in [2.24, 2.45) is 11.7 Å². The Bertz CT molecular complexity index is 585. The average molecular weight is 275 g/mol. The molecule has 2 heterocycles. The van der Waals surface area contributed by atoms with Crippen LogP contribution in [-0.2, 0) is 4.74 Å². The first kappa shape index (κ1) is 13.3. The van der Waals surface area contributed by atoms with Gasteiger partial charge in [0.1, 0.15) is 5.82 Å². The van der Waals surface area contributed by atoms with Crippen molar-refractivity contribution in [2.45, 2.75) is 19.4 Å². The first-order valence-corrected chi connectivity index (χ1v) is 6.78. The summed E-state index contributed by atoms with van der Waals surface area (Å²) in [6, 6.07) is 4.77. The number of ether oxygens (including phenoxy) is 1. The van der Waals surface area contributed by atoms with Crippen LogP contribution in [-0.4, -0.2) is 22.8 Å². The van der Waals surface area contributed by atoms with E-state index in [2.05, 4.69) is 4.98 Å². The predicted octanol–water partition coefficient (Wildman–Crippen LogP) is 2.36. The van der Waals surface area contributed by atoms with Crippen molar-refractivity contribution in [1.29, 1.82) is 0 Å². The van der Waals surface area contributed by atoms with Gasteiger partial charge < -0.3 is 15.0 Å². The van der Waals surface area contributed by atoms with Crippen LogP contribution in [0.2, 0.25) is 0 Å². The fraction of sp³-hybridized carbons (Fsp3) is 0.400. The van der Waals surface area contributed by atoms with Crippen molar-refractivity contribution in [3.63, 3.8) is 0 Å². The van der Waals surface area contributed by atoms with Crippen molar-refractivity contribution in [3.8, 4) is 5.69 Å². The molecule has 3 rings (SSSR count). The van der Waals surface area contributed by atoms with Crippen molar-refractivity contribution >= 4 is 0 Å². The fourth-order valence-electron chi connectivity index (χ4n) is 2.70. The van der Waals surface area contributed by atoms with Gasteiger partial charge in [0.25, 0.3) is 0 Å². The predicted molar refractivity (Wildman–Crippen MR) is 74.1 cm³/mol. The van der Waals surface area contributed by atoms with E-state index in [9.17, 15) is 4.39 Å². The van der Waals surface area contributed by atoms with E-state index in [1.165, 1.54) is 12.1 Å². The van der Waals surface area contributed by atoms with Crippen molar-refractivity contribution in [2.75, 3.05) is 13.2 Å². The molecule has 0 bridgehead atoms. The Labute approximate surface area is 117 Å². The molecule has 1 aliphatic heterocycles. The fourth-order valence-corrected chi connectivity index (χ4v) is 2.70. The Morgan fingerprint density at radius 3 is 3.00 bits per heavy atom. The van der Waals surface area contributed by atoms with Gasteiger partial charge in [-0.25, -0.2) is 9.37 Å². The van der Waals surface area contributed by atoms with Crippen molar-refractivity contribution < 1.29 is 9.13 Å². The molecule has 1 saturated heterocycles. The second-order valence-electron chi connectivity index (χ2n) is 5.32. The van der Waals surface area contributed by atoms with Crippen LogP contribution in [0.3, 0.4) is 0 Å². The molecule has 0 saturated carbocycles. The number of nitrogens with two attached hydrogens (primary N) is 1. The zero-order valence-corrected chi connectivity index (χ0v) is 11.4. The topological polar surface area (TPSA) is 53.1 Å². The zero-order valence-electron chi connectivity index (χ0n) is 11.4.